The number of benzene rings is 5. The van der Waals surface area contributed by atoms with Crippen molar-refractivity contribution in [1.29, 1.82) is 0 Å². The van der Waals surface area contributed by atoms with Crippen LogP contribution in [0.4, 0.5) is 0 Å². The van der Waals surface area contributed by atoms with Crippen molar-refractivity contribution in [2.75, 3.05) is 0 Å². The third-order valence-corrected chi connectivity index (χ3v) is 6.12. The van der Waals surface area contributed by atoms with Crippen LogP contribution in [0.2, 0.25) is 0 Å². The number of fused-ring (bicyclic) bond motifs is 10. The summed E-state index contributed by atoms with van der Waals surface area (Å²) < 4.78 is 0. The largest absolute Gasteiger partial charge is 0.354 e. The van der Waals surface area contributed by atoms with E-state index in [1.807, 2.05) is 0 Å². The average molecular weight is 356 g/mol. The monoisotopic (exact) mass is 356 g/mol. The van der Waals surface area contributed by atoms with E-state index in [0.717, 1.165) is 0 Å². The molecule has 0 unspecified atom stereocenters. The Hall–Kier alpha value is -3.78. The highest BCUT2D eigenvalue weighted by Gasteiger charge is 2.12. The average Bonchev–Trinajstić information content (AvgIpc) is 3.30. The van der Waals surface area contributed by atoms with Gasteiger partial charge < -0.3 is 9.97 Å². The van der Waals surface area contributed by atoms with E-state index < -0.39 is 0 Å². The highest BCUT2D eigenvalue weighted by Crippen LogP contribution is 2.37. The van der Waals surface area contributed by atoms with Crippen molar-refractivity contribution in [2.24, 2.45) is 0 Å². The molecule has 2 heteroatoms. The molecule has 130 valence electrons. The topological polar surface area (TPSA) is 31.6 Å². The second-order valence-electron chi connectivity index (χ2n) is 7.61. The molecule has 5 aromatic carbocycles. The third-order valence-electron chi connectivity index (χ3n) is 6.12. The van der Waals surface area contributed by atoms with Crippen LogP contribution in [-0.2, 0) is 0 Å². The lowest BCUT2D eigenvalue weighted by molar-refractivity contribution is 1.56. The molecule has 2 nitrogen and oxygen atoms in total. The second kappa shape index (κ2) is 4.93. The number of hydrogen-bond acceptors (Lipinski definition) is 0. The van der Waals surface area contributed by atoms with Gasteiger partial charge in [-0.3, -0.25) is 0 Å². The third kappa shape index (κ3) is 1.72. The number of aromatic nitrogens is 2. The Kier molecular flexibility index (Phi) is 2.52. The van der Waals surface area contributed by atoms with Gasteiger partial charge in [0, 0.05) is 43.4 Å². The predicted octanol–water partition coefficient (Wildman–Crippen LogP) is 7.26. The molecule has 2 heterocycles. The van der Waals surface area contributed by atoms with E-state index in [-0.39, 0.29) is 0 Å². The first kappa shape index (κ1) is 14.3. The highest BCUT2D eigenvalue weighted by molar-refractivity contribution is 6.23. The van der Waals surface area contributed by atoms with Crippen LogP contribution in [0.25, 0.3) is 65.2 Å². The standard InChI is InChI=1S/C26H16N2/c1-3-7-17-15(5-1)9-11-19-21-13-24-22(14-23(21)27-25(17)19)20-12-10-16-6-2-4-8-18(16)26(20)28-24/h1-14,27-28H. The fourth-order valence-corrected chi connectivity index (χ4v) is 4.78. The van der Waals surface area contributed by atoms with Crippen LogP contribution in [0.15, 0.2) is 84.9 Å². The Bertz CT molecular complexity index is 1580. The molecule has 0 fully saturated rings. The zero-order chi connectivity index (χ0) is 18.2. The summed E-state index contributed by atoms with van der Waals surface area (Å²) in [6.07, 6.45) is 0. The maximum Gasteiger partial charge on any atom is 0.0544 e. The summed E-state index contributed by atoms with van der Waals surface area (Å²) in [5.74, 6) is 0. The van der Waals surface area contributed by atoms with Crippen molar-refractivity contribution in [3.05, 3.63) is 84.9 Å². The van der Waals surface area contributed by atoms with E-state index in [4.69, 9.17) is 0 Å². The molecule has 28 heavy (non-hydrogen) atoms. The molecule has 0 amide bonds. The van der Waals surface area contributed by atoms with E-state index in [1.54, 1.807) is 0 Å². The number of H-pyrrole nitrogens is 2. The van der Waals surface area contributed by atoms with Crippen LogP contribution in [0.1, 0.15) is 0 Å². The first-order valence-corrected chi connectivity index (χ1v) is 9.63. The zero-order valence-corrected chi connectivity index (χ0v) is 15.1. The van der Waals surface area contributed by atoms with E-state index in [0.29, 0.717) is 0 Å². The van der Waals surface area contributed by atoms with Gasteiger partial charge in [-0.15, -0.1) is 0 Å². The summed E-state index contributed by atoms with van der Waals surface area (Å²) in [6.45, 7) is 0. The van der Waals surface area contributed by atoms with Gasteiger partial charge in [-0.25, -0.2) is 0 Å². The lowest BCUT2D eigenvalue weighted by atomic mass is 10.0. The number of aromatic amines is 2. The second-order valence-corrected chi connectivity index (χ2v) is 7.61. The van der Waals surface area contributed by atoms with Crippen molar-refractivity contribution in [2.45, 2.75) is 0 Å². The van der Waals surface area contributed by atoms with Gasteiger partial charge in [-0.2, -0.15) is 0 Å². The molecule has 0 atom stereocenters. The van der Waals surface area contributed by atoms with Crippen LogP contribution >= 0.6 is 0 Å². The smallest absolute Gasteiger partial charge is 0.0544 e. The first-order chi connectivity index (χ1) is 13.9. The van der Waals surface area contributed by atoms with Crippen molar-refractivity contribution in [1.82, 2.24) is 9.97 Å². The number of rotatable bonds is 0. The van der Waals surface area contributed by atoms with Crippen LogP contribution in [0, 0.1) is 0 Å². The Balaban J connectivity index is 1.66. The summed E-state index contributed by atoms with van der Waals surface area (Å²) in [5.41, 5.74) is 4.81. The summed E-state index contributed by atoms with van der Waals surface area (Å²) in [4.78, 5) is 7.38. The molecule has 0 spiro atoms. The minimum atomic E-state index is 1.19. The molecule has 0 saturated heterocycles. The molecule has 2 N–H and O–H groups in total. The fourth-order valence-electron chi connectivity index (χ4n) is 4.78. The molecule has 7 aromatic rings. The van der Waals surface area contributed by atoms with E-state index >= 15 is 0 Å². The molecule has 0 bridgehead atoms. The molecule has 0 saturated carbocycles. The molecule has 7 rings (SSSR count). The molecular formula is C26H16N2. The maximum absolute atomic E-state index is 3.69. The summed E-state index contributed by atoms with van der Waals surface area (Å²) in [6, 6.07) is 30.6. The quantitative estimate of drug-likeness (QED) is 0.286. The first-order valence-electron chi connectivity index (χ1n) is 9.63. The van der Waals surface area contributed by atoms with Crippen LogP contribution in [0.5, 0.6) is 0 Å². The van der Waals surface area contributed by atoms with Crippen LogP contribution in [-0.4, -0.2) is 9.97 Å². The highest BCUT2D eigenvalue weighted by atomic mass is 14.7. The molecule has 0 aliphatic carbocycles. The van der Waals surface area contributed by atoms with Crippen LogP contribution in [0.3, 0.4) is 0 Å². The van der Waals surface area contributed by atoms with E-state index in [2.05, 4.69) is 94.9 Å². The fraction of sp³-hybridized carbons (Fsp3) is 0. The minimum Gasteiger partial charge on any atom is -0.354 e. The number of hydrogen-bond donors (Lipinski definition) is 2. The number of nitrogens with one attached hydrogen (secondary N) is 2. The maximum atomic E-state index is 3.69. The van der Waals surface area contributed by atoms with Gasteiger partial charge in [0.1, 0.15) is 0 Å². The van der Waals surface area contributed by atoms with Gasteiger partial charge >= 0.3 is 0 Å². The molecule has 0 radical (unpaired) electrons. The van der Waals surface area contributed by atoms with Gasteiger partial charge in [-0.1, -0.05) is 72.8 Å². The summed E-state index contributed by atoms with van der Waals surface area (Å²) in [5, 5.41) is 10.2. The Morgan fingerprint density at radius 2 is 0.857 bits per heavy atom. The van der Waals surface area contributed by atoms with Gasteiger partial charge in [0.15, 0.2) is 0 Å². The van der Waals surface area contributed by atoms with E-state index in [9.17, 15) is 0 Å². The van der Waals surface area contributed by atoms with Crippen molar-refractivity contribution < 1.29 is 0 Å². The normalized spacial score (nSPS) is 12.3. The Morgan fingerprint density at radius 1 is 0.393 bits per heavy atom. The summed E-state index contributed by atoms with van der Waals surface area (Å²) in [7, 11) is 0. The molecule has 0 aliphatic rings. The zero-order valence-electron chi connectivity index (χ0n) is 15.1. The van der Waals surface area contributed by atoms with Gasteiger partial charge in [0.25, 0.3) is 0 Å². The van der Waals surface area contributed by atoms with Gasteiger partial charge in [0.05, 0.1) is 11.0 Å². The Morgan fingerprint density at radius 3 is 1.36 bits per heavy atom. The Labute approximate surface area is 160 Å². The molecule has 2 aromatic heterocycles. The van der Waals surface area contributed by atoms with Crippen molar-refractivity contribution in [3.8, 4) is 0 Å². The van der Waals surface area contributed by atoms with Crippen molar-refractivity contribution >= 4 is 65.2 Å². The van der Waals surface area contributed by atoms with Gasteiger partial charge in [-0.05, 0) is 22.9 Å². The SMILES string of the molecule is c1ccc2c(c1)ccc1c3cc4[nH]c5c6ccccc6ccc5c4cc3[nH]c21. The van der Waals surface area contributed by atoms with Crippen LogP contribution < -0.4 is 0 Å². The minimum absolute atomic E-state index is 1.19. The molecular weight excluding hydrogens is 340 g/mol. The predicted molar refractivity (Wildman–Crippen MR) is 120 cm³/mol. The molecule has 0 aliphatic heterocycles. The lowest BCUT2D eigenvalue weighted by Gasteiger charge is -1.98. The van der Waals surface area contributed by atoms with Gasteiger partial charge in [0.2, 0.25) is 0 Å². The lowest BCUT2D eigenvalue weighted by Crippen LogP contribution is -1.74. The summed E-state index contributed by atoms with van der Waals surface area (Å²) >= 11 is 0. The van der Waals surface area contributed by atoms with E-state index in [1.165, 1.54) is 65.2 Å². The van der Waals surface area contributed by atoms with Crippen molar-refractivity contribution in [3.63, 3.8) is 0 Å².